The Kier molecular flexibility index (Phi) is 27.9. The van der Waals surface area contributed by atoms with Gasteiger partial charge in [0.15, 0.2) is 10.0 Å². The average Bonchev–Trinajstić information content (AvgIpc) is 2.92. The highest BCUT2D eigenvalue weighted by atomic mass is 32.3. The molecule has 386 valence electrons. The Bertz CT molecular complexity index is 1890. The van der Waals surface area contributed by atoms with Gasteiger partial charge in [-0.05, 0) is 6.92 Å². The smallest absolute Gasteiger partial charge is 0.438 e. The summed E-state index contributed by atoms with van der Waals surface area (Å²) < 4.78 is 349. The third-order valence-corrected chi connectivity index (χ3v) is 12.5. The molecule has 0 unspecified atom stereocenters. The second kappa shape index (κ2) is 24.9. The van der Waals surface area contributed by atoms with E-state index in [0.717, 1.165) is 0 Å². The SMILES string of the molecule is CC(=O)OC(CS(=O)(=O)[O-])(C(F)(F)F)C(F)(F)F.CC(F)(F)OOS[C-](S(=O)(=O)C(C)(F)F)S(=O)(=O)C(C)(F)F.CC(F)(F)SOO[N-]S(=O)(=O)C(C)(F)F.CCF.O=S(=O)([O-])F. The second-order valence-corrected chi connectivity index (χ2v) is 20.9. The van der Waals surface area contributed by atoms with E-state index < -0.39 is 135 Å². The fourth-order valence-corrected chi connectivity index (χ4v) is 7.72. The number of hydrogen-bond donors (Lipinski definition) is 0. The molecule has 63 heavy (non-hydrogen) atoms. The molecule has 19 nitrogen and oxygen atoms in total. The molecule has 0 fully saturated rings. The molecule has 0 aromatic rings. The molecule has 0 radical (unpaired) electrons. The van der Waals surface area contributed by atoms with E-state index in [-0.39, 0.29) is 41.3 Å². The quantitative estimate of drug-likeness (QED) is 0.0173. The van der Waals surface area contributed by atoms with Crippen LogP contribution in [-0.2, 0) is 78.4 Å². The first kappa shape index (κ1) is 70.4. The number of sulfone groups is 2. The number of carbonyl (C=O) groups is 1. The Morgan fingerprint density at radius 2 is 0.968 bits per heavy atom. The van der Waals surface area contributed by atoms with Gasteiger partial charge >= 0.3 is 51.0 Å². The highest BCUT2D eigenvalue weighted by Gasteiger charge is 2.75. The molecule has 0 aliphatic rings. The van der Waals surface area contributed by atoms with Crippen molar-refractivity contribution in [3.05, 3.63) is 8.80 Å². The van der Waals surface area contributed by atoms with Crippen LogP contribution in [0, 0.1) is 3.91 Å². The minimum absolute atomic E-state index is 0.0523. The van der Waals surface area contributed by atoms with Gasteiger partial charge in [0.25, 0.3) is 10.5 Å². The van der Waals surface area contributed by atoms with E-state index in [1.54, 1.807) is 0 Å². The lowest BCUT2D eigenvalue weighted by Gasteiger charge is -2.36. The largest absolute Gasteiger partial charge is 0.748 e. The molecule has 0 aromatic heterocycles. The average molecular weight is 1120 g/mol. The molecule has 0 amide bonds. The van der Waals surface area contributed by atoms with Gasteiger partial charge in [0.05, 0.1) is 22.5 Å². The second-order valence-electron chi connectivity index (χ2n) is 10.1. The normalized spacial score (nSPS) is 14.1. The fourth-order valence-electron chi connectivity index (χ4n) is 1.79. The number of nitrogens with zero attached hydrogens (tertiary/aromatic N) is 1. The summed E-state index contributed by atoms with van der Waals surface area (Å²) in [5.74, 6) is -5.01. The molecule has 0 saturated carbocycles. The first-order chi connectivity index (χ1) is 26.8. The number of hydrogen-bond acceptors (Lipinski definition) is 20. The molecule has 44 heteroatoms. The number of carbonyl (C=O) groups excluding carboxylic acids is 1. The third kappa shape index (κ3) is 30.3. The van der Waals surface area contributed by atoms with Crippen molar-refractivity contribution in [1.29, 1.82) is 0 Å². The summed E-state index contributed by atoms with van der Waals surface area (Å²) >= 11 is -1.78. The molecule has 0 bridgehead atoms. The lowest BCUT2D eigenvalue weighted by atomic mass is 10.1. The van der Waals surface area contributed by atoms with Gasteiger partial charge < -0.3 is 23.7 Å². The van der Waals surface area contributed by atoms with Crippen molar-refractivity contribution in [2.75, 3.05) is 12.4 Å². The van der Waals surface area contributed by atoms with Gasteiger partial charge in [-0.2, -0.15) is 83.8 Å². The van der Waals surface area contributed by atoms with Gasteiger partial charge in [-0.1, -0.05) is 0 Å². The van der Waals surface area contributed by atoms with Crippen molar-refractivity contribution in [3.8, 4) is 0 Å². The highest BCUT2D eigenvalue weighted by Crippen LogP contribution is 2.48. The molecular formula is C19H25F18NO18S7-4. The van der Waals surface area contributed by atoms with E-state index in [1.807, 2.05) is 4.89 Å². The van der Waals surface area contributed by atoms with E-state index in [2.05, 4.69) is 23.3 Å². The van der Waals surface area contributed by atoms with Gasteiger partial charge in [-0.3, -0.25) is 26.0 Å². The minimum atomic E-state index is -6.31. The van der Waals surface area contributed by atoms with E-state index in [9.17, 15) is 122 Å². The van der Waals surface area contributed by atoms with Crippen LogP contribution in [0.15, 0.2) is 0 Å². The van der Waals surface area contributed by atoms with E-state index >= 15 is 0 Å². The van der Waals surface area contributed by atoms with Crippen LogP contribution in [0.1, 0.15) is 48.5 Å². The number of ether oxygens (including phenoxy) is 1. The maximum atomic E-state index is 13.0. The predicted octanol–water partition coefficient (Wildman–Crippen LogP) is 6.47. The van der Waals surface area contributed by atoms with Gasteiger partial charge in [0, 0.05) is 45.5 Å². The Hall–Kier alpha value is -1.62. The van der Waals surface area contributed by atoms with Crippen LogP contribution in [0.2, 0.25) is 0 Å². The van der Waals surface area contributed by atoms with Gasteiger partial charge in [-0.25, -0.2) is 25.3 Å². The number of esters is 1. The zero-order valence-electron chi connectivity index (χ0n) is 30.9. The molecule has 0 heterocycles. The van der Waals surface area contributed by atoms with Gasteiger partial charge in [-0.15, -0.1) is 15.9 Å². The van der Waals surface area contributed by atoms with E-state index in [1.165, 1.54) is 6.92 Å². The lowest BCUT2D eigenvalue weighted by molar-refractivity contribution is -0.374. The molecular weight excluding hydrogens is 1100 g/mol. The molecule has 0 atom stereocenters. The van der Waals surface area contributed by atoms with Crippen LogP contribution in [0.3, 0.4) is 0 Å². The minimum Gasteiger partial charge on any atom is -0.748 e. The van der Waals surface area contributed by atoms with Crippen LogP contribution in [-0.4, -0.2) is 115 Å². The number of alkyl halides is 17. The number of rotatable bonds is 17. The van der Waals surface area contributed by atoms with Crippen molar-refractivity contribution in [1.82, 2.24) is 0 Å². The summed E-state index contributed by atoms with van der Waals surface area (Å²) in [5, 5.41) is -17.1. The van der Waals surface area contributed by atoms with Crippen LogP contribution >= 0.6 is 24.1 Å². The van der Waals surface area contributed by atoms with Crippen molar-refractivity contribution < 1.29 is 158 Å². The molecule has 0 rings (SSSR count). The van der Waals surface area contributed by atoms with Gasteiger partial charge in [0.1, 0.15) is 31.7 Å². The first-order valence-electron chi connectivity index (χ1n) is 13.6. The Morgan fingerprint density at radius 1 is 0.651 bits per heavy atom. The number of halogens is 18. The molecule has 0 saturated heterocycles. The topological polar surface area (TPSA) is 294 Å². The summed E-state index contributed by atoms with van der Waals surface area (Å²) in [6.45, 7) is 1.38. The Morgan fingerprint density at radius 3 is 1.17 bits per heavy atom. The van der Waals surface area contributed by atoms with Crippen LogP contribution in [0.4, 0.5) is 78.5 Å². The number of sulfonamides is 1. The highest BCUT2D eigenvalue weighted by molar-refractivity contribution is 8.30. The maximum Gasteiger partial charge on any atom is 0.438 e. The molecule has 0 spiro atoms. The predicted molar refractivity (Wildman–Crippen MR) is 170 cm³/mol. The van der Waals surface area contributed by atoms with E-state index in [0.29, 0.717) is 6.92 Å². The van der Waals surface area contributed by atoms with Crippen molar-refractivity contribution in [3.63, 3.8) is 0 Å². The third-order valence-electron chi connectivity index (χ3n) is 4.07. The van der Waals surface area contributed by atoms with Crippen molar-refractivity contribution in [2.45, 2.75) is 93.5 Å². The summed E-state index contributed by atoms with van der Waals surface area (Å²) in [4.78, 5) is 18.8. The monoisotopic (exact) mass is 1120 g/mol. The molecule has 0 aromatic carbocycles. The molecule has 0 aliphatic heterocycles. The summed E-state index contributed by atoms with van der Waals surface area (Å²) in [6.07, 6.45) is -16.7. The zero-order chi connectivity index (χ0) is 52.7. The summed E-state index contributed by atoms with van der Waals surface area (Å²) in [6, 6.07) is 0. The first-order valence-corrected chi connectivity index (χ1v) is 22.3. The van der Waals surface area contributed by atoms with Crippen LogP contribution < -0.4 is 0 Å². The summed E-state index contributed by atoms with van der Waals surface area (Å²) in [7, 11) is -28.9. The molecule has 0 N–H and O–H groups in total. The van der Waals surface area contributed by atoms with Crippen molar-refractivity contribution in [2.24, 2.45) is 0 Å². The lowest BCUT2D eigenvalue weighted by Crippen LogP contribution is -2.63. The van der Waals surface area contributed by atoms with Crippen molar-refractivity contribution >= 4 is 80.4 Å². The fraction of sp³-hybridized carbons (Fsp3) is 0.895. The summed E-state index contributed by atoms with van der Waals surface area (Å²) in [5.41, 5.74) is -5.37. The van der Waals surface area contributed by atoms with Crippen LogP contribution in [0.5, 0.6) is 0 Å². The Balaban J connectivity index is -0.000000248. The zero-order valence-corrected chi connectivity index (χ0v) is 36.6. The van der Waals surface area contributed by atoms with E-state index in [4.69, 9.17) is 13.0 Å². The van der Waals surface area contributed by atoms with Gasteiger partial charge in [0.2, 0.25) is 0 Å². The Labute approximate surface area is 352 Å². The van der Waals surface area contributed by atoms with Crippen LogP contribution in [0.25, 0.3) is 4.89 Å². The molecule has 0 aliphatic carbocycles. The maximum absolute atomic E-state index is 13.0. The standard InChI is InChI=1S/C7H9F6O6S3.C6H6F6O5S.C4H6F4NO4S2.C2H5F.FHO3S/c1-5(8,9)18-19-20-4(21(14,15)6(2,10)11)22(16,17)7(3,12)13;1-3(13)17-4(5(7,8)9,6(10,11)12)2-18(14,15)16;1-3(5,6)14-13-12-9-15(10,11)4(2,7)8;1-2-3;1-5(2,3)4/h1-3H3;2H2,1H3,(H,14,15,16);1-2H3;2H2,1H3;(H,2,3,4)/q-1;;-1;;/p-2.